The predicted octanol–water partition coefficient (Wildman–Crippen LogP) is 3.56. The molecular weight excluding hydrogens is 244 g/mol. The van der Waals surface area contributed by atoms with Crippen molar-refractivity contribution in [3.05, 3.63) is 28.2 Å². The number of hydrogen-bond donors (Lipinski definition) is 1. The van der Waals surface area contributed by atoms with Crippen molar-refractivity contribution in [2.75, 3.05) is 6.54 Å². The third-order valence-electron chi connectivity index (χ3n) is 2.11. The summed E-state index contributed by atoms with van der Waals surface area (Å²) >= 11 is 7.36. The van der Waals surface area contributed by atoms with Gasteiger partial charge < -0.3 is 9.84 Å². The molecule has 2 rings (SSSR count). The van der Waals surface area contributed by atoms with E-state index in [4.69, 9.17) is 16.1 Å². The van der Waals surface area contributed by atoms with Crippen LogP contribution in [0.3, 0.4) is 0 Å². The summed E-state index contributed by atoms with van der Waals surface area (Å²) in [7, 11) is 0. The molecule has 0 aliphatic heterocycles. The van der Waals surface area contributed by atoms with Crippen molar-refractivity contribution in [2.45, 2.75) is 19.9 Å². The Morgan fingerprint density at radius 1 is 1.50 bits per heavy atom. The second-order valence-corrected chi connectivity index (χ2v) is 5.18. The summed E-state index contributed by atoms with van der Waals surface area (Å²) in [6.07, 6.45) is 1.12. The number of thiophene rings is 1. The molecule has 2 aromatic heterocycles. The van der Waals surface area contributed by atoms with E-state index in [1.807, 2.05) is 18.2 Å². The lowest BCUT2D eigenvalue weighted by Gasteiger charge is -1.96. The van der Waals surface area contributed by atoms with Gasteiger partial charge in [0, 0.05) is 12.6 Å². The Bertz CT molecular complexity index is 452. The van der Waals surface area contributed by atoms with Gasteiger partial charge in [0.15, 0.2) is 5.76 Å². The highest BCUT2D eigenvalue weighted by molar-refractivity contribution is 7.19. The highest BCUT2D eigenvalue weighted by atomic mass is 35.5. The minimum absolute atomic E-state index is 0.746. The summed E-state index contributed by atoms with van der Waals surface area (Å²) in [4.78, 5) is 1.01. The monoisotopic (exact) mass is 256 g/mol. The summed E-state index contributed by atoms with van der Waals surface area (Å²) in [5, 5.41) is 7.28. The van der Waals surface area contributed by atoms with Crippen LogP contribution in [0.5, 0.6) is 0 Å². The van der Waals surface area contributed by atoms with Crippen LogP contribution in [0.4, 0.5) is 0 Å². The van der Waals surface area contributed by atoms with Gasteiger partial charge in [-0.05, 0) is 25.1 Å². The molecular formula is C11H13ClN2OS. The van der Waals surface area contributed by atoms with Crippen LogP contribution >= 0.6 is 22.9 Å². The molecule has 0 atom stereocenters. The normalized spacial score (nSPS) is 10.9. The van der Waals surface area contributed by atoms with Gasteiger partial charge >= 0.3 is 0 Å². The Labute approximate surface area is 103 Å². The van der Waals surface area contributed by atoms with E-state index in [-0.39, 0.29) is 0 Å². The van der Waals surface area contributed by atoms with E-state index in [1.54, 1.807) is 0 Å². The van der Waals surface area contributed by atoms with Crippen molar-refractivity contribution >= 4 is 22.9 Å². The minimum Gasteiger partial charge on any atom is -0.355 e. The first-order valence-corrected chi connectivity index (χ1v) is 6.41. The molecule has 2 aromatic rings. The van der Waals surface area contributed by atoms with Crippen molar-refractivity contribution in [1.29, 1.82) is 0 Å². The third-order valence-corrected chi connectivity index (χ3v) is 3.35. The van der Waals surface area contributed by atoms with Gasteiger partial charge in [-0.15, -0.1) is 11.3 Å². The zero-order valence-corrected chi connectivity index (χ0v) is 10.6. The quantitative estimate of drug-likeness (QED) is 0.832. The molecule has 0 spiro atoms. The zero-order chi connectivity index (χ0) is 11.4. The molecule has 0 saturated carbocycles. The molecule has 0 fully saturated rings. The molecule has 0 saturated heterocycles. The van der Waals surface area contributed by atoms with Crippen molar-refractivity contribution in [2.24, 2.45) is 0 Å². The molecule has 1 N–H and O–H groups in total. The summed E-state index contributed by atoms with van der Waals surface area (Å²) in [6, 6.07) is 5.75. The fraction of sp³-hybridized carbons (Fsp3) is 0.364. The standard InChI is InChI=1S/C11H13ClN2OS/c1-2-5-13-7-8-6-9(15-14-8)10-3-4-11(12)16-10/h3-4,6,13H,2,5,7H2,1H3. The van der Waals surface area contributed by atoms with Crippen LogP contribution in [-0.2, 0) is 6.54 Å². The first-order chi connectivity index (χ1) is 7.79. The average molecular weight is 257 g/mol. The topological polar surface area (TPSA) is 38.1 Å². The molecule has 0 aromatic carbocycles. The van der Waals surface area contributed by atoms with E-state index < -0.39 is 0 Å². The number of hydrogen-bond acceptors (Lipinski definition) is 4. The number of rotatable bonds is 5. The fourth-order valence-electron chi connectivity index (χ4n) is 1.35. The Morgan fingerprint density at radius 3 is 3.06 bits per heavy atom. The maximum Gasteiger partial charge on any atom is 0.177 e. The largest absolute Gasteiger partial charge is 0.355 e. The molecule has 86 valence electrons. The van der Waals surface area contributed by atoms with Gasteiger partial charge in [-0.25, -0.2) is 0 Å². The van der Waals surface area contributed by atoms with Gasteiger partial charge in [-0.1, -0.05) is 23.7 Å². The SMILES string of the molecule is CCCNCc1cc(-c2ccc(Cl)s2)on1. The Morgan fingerprint density at radius 2 is 2.38 bits per heavy atom. The zero-order valence-electron chi connectivity index (χ0n) is 9.00. The smallest absolute Gasteiger partial charge is 0.177 e. The van der Waals surface area contributed by atoms with Gasteiger partial charge in [-0.3, -0.25) is 0 Å². The molecule has 5 heteroatoms. The molecule has 16 heavy (non-hydrogen) atoms. The first kappa shape index (κ1) is 11.6. The van der Waals surface area contributed by atoms with Gasteiger partial charge in [0.05, 0.1) is 14.9 Å². The lowest BCUT2D eigenvalue weighted by Crippen LogP contribution is -2.13. The Hall–Kier alpha value is -0.840. The van der Waals surface area contributed by atoms with E-state index in [9.17, 15) is 0 Å². The van der Waals surface area contributed by atoms with Crippen molar-refractivity contribution in [1.82, 2.24) is 10.5 Å². The van der Waals surface area contributed by atoms with Crippen LogP contribution in [0.25, 0.3) is 10.6 Å². The van der Waals surface area contributed by atoms with Crippen LogP contribution in [0.1, 0.15) is 19.0 Å². The second-order valence-electron chi connectivity index (χ2n) is 3.46. The molecule has 0 aliphatic carbocycles. The lowest BCUT2D eigenvalue weighted by atomic mass is 10.3. The van der Waals surface area contributed by atoms with Gasteiger partial charge in [0.2, 0.25) is 0 Å². The fourth-order valence-corrected chi connectivity index (χ4v) is 2.34. The van der Waals surface area contributed by atoms with Crippen molar-refractivity contribution in [3.63, 3.8) is 0 Å². The first-order valence-electron chi connectivity index (χ1n) is 5.21. The molecule has 0 amide bonds. The van der Waals surface area contributed by atoms with Gasteiger partial charge in [0.1, 0.15) is 0 Å². The van der Waals surface area contributed by atoms with Crippen LogP contribution in [-0.4, -0.2) is 11.7 Å². The van der Waals surface area contributed by atoms with Gasteiger partial charge in [-0.2, -0.15) is 0 Å². The highest BCUT2D eigenvalue weighted by Crippen LogP contribution is 2.31. The Kier molecular flexibility index (Phi) is 3.98. The lowest BCUT2D eigenvalue weighted by molar-refractivity contribution is 0.421. The average Bonchev–Trinajstić information content (AvgIpc) is 2.87. The summed E-state index contributed by atoms with van der Waals surface area (Å²) in [5.41, 5.74) is 0.924. The third kappa shape index (κ3) is 2.84. The molecule has 2 heterocycles. The van der Waals surface area contributed by atoms with E-state index in [2.05, 4.69) is 17.4 Å². The number of nitrogens with zero attached hydrogens (tertiary/aromatic N) is 1. The summed E-state index contributed by atoms with van der Waals surface area (Å²) in [6.45, 7) is 3.87. The number of aromatic nitrogens is 1. The summed E-state index contributed by atoms with van der Waals surface area (Å²) < 4.78 is 6.02. The van der Waals surface area contributed by atoms with Crippen LogP contribution in [0.2, 0.25) is 4.34 Å². The van der Waals surface area contributed by atoms with E-state index in [1.165, 1.54) is 11.3 Å². The van der Waals surface area contributed by atoms with Gasteiger partial charge in [0.25, 0.3) is 0 Å². The predicted molar refractivity (Wildman–Crippen MR) is 66.8 cm³/mol. The molecule has 0 radical (unpaired) electrons. The van der Waals surface area contributed by atoms with Crippen LogP contribution < -0.4 is 5.32 Å². The maximum absolute atomic E-state index is 5.86. The van der Waals surface area contributed by atoms with Crippen molar-refractivity contribution in [3.8, 4) is 10.6 Å². The number of nitrogens with one attached hydrogen (secondary N) is 1. The number of halogens is 1. The van der Waals surface area contributed by atoms with E-state index in [0.717, 1.165) is 40.2 Å². The van der Waals surface area contributed by atoms with E-state index >= 15 is 0 Å². The maximum atomic E-state index is 5.86. The molecule has 0 unspecified atom stereocenters. The summed E-state index contributed by atoms with van der Waals surface area (Å²) in [5.74, 6) is 0.783. The van der Waals surface area contributed by atoms with Crippen LogP contribution in [0, 0.1) is 0 Å². The van der Waals surface area contributed by atoms with Crippen molar-refractivity contribution < 1.29 is 4.52 Å². The minimum atomic E-state index is 0.746. The second kappa shape index (κ2) is 5.48. The molecule has 0 bridgehead atoms. The highest BCUT2D eigenvalue weighted by Gasteiger charge is 2.08. The molecule has 3 nitrogen and oxygen atoms in total. The van der Waals surface area contributed by atoms with Crippen LogP contribution in [0.15, 0.2) is 22.7 Å². The Balaban J connectivity index is 2.02. The van der Waals surface area contributed by atoms with E-state index in [0.29, 0.717) is 0 Å². The molecule has 0 aliphatic rings.